The number of carbonyl (C=O) groups is 1. The standard InChI is InChI=1S/C25H27NO4S/c1-17-9-8-10-21(13-17)15-23-18(2)14-19(3)25(20(23)4)26(16-24(27)28)31(29,30)22-11-6-5-7-12-22/h5-14H,15-16H2,1-4H3,(H,27,28). The first-order valence-corrected chi connectivity index (χ1v) is 11.5. The largest absolute Gasteiger partial charge is 0.480 e. The van der Waals surface area contributed by atoms with Gasteiger partial charge in [-0.25, -0.2) is 8.42 Å². The summed E-state index contributed by atoms with van der Waals surface area (Å²) in [4.78, 5) is 11.7. The molecule has 3 aromatic rings. The second kappa shape index (κ2) is 8.94. The number of hydrogen-bond acceptors (Lipinski definition) is 3. The van der Waals surface area contributed by atoms with Crippen LogP contribution in [0.5, 0.6) is 0 Å². The Bertz CT molecular complexity index is 1220. The molecule has 0 spiro atoms. The van der Waals surface area contributed by atoms with Gasteiger partial charge in [-0.15, -0.1) is 0 Å². The highest BCUT2D eigenvalue weighted by Gasteiger charge is 2.30. The third-order valence-electron chi connectivity index (χ3n) is 5.41. The van der Waals surface area contributed by atoms with E-state index >= 15 is 0 Å². The minimum Gasteiger partial charge on any atom is -0.480 e. The van der Waals surface area contributed by atoms with Crippen molar-refractivity contribution < 1.29 is 18.3 Å². The Labute approximate surface area is 184 Å². The van der Waals surface area contributed by atoms with Gasteiger partial charge in [0.05, 0.1) is 10.6 Å². The molecule has 31 heavy (non-hydrogen) atoms. The summed E-state index contributed by atoms with van der Waals surface area (Å²) in [5, 5.41) is 9.52. The smallest absolute Gasteiger partial charge is 0.324 e. The van der Waals surface area contributed by atoms with Gasteiger partial charge < -0.3 is 5.11 Å². The van der Waals surface area contributed by atoms with E-state index in [1.54, 1.807) is 18.2 Å². The van der Waals surface area contributed by atoms with E-state index in [-0.39, 0.29) is 4.90 Å². The molecule has 0 amide bonds. The first kappa shape index (κ1) is 22.6. The van der Waals surface area contributed by atoms with Crippen molar-refractivity contribution in [2.75, 3.05) is 10.8 Å². The molecule has 0 saturated carbocycles. The number of carboxylic acid groups (broad SMARTS) is 1. The van der Waals surface area contributed by atoms with E-state index in [1.165, 1.54) is 12.1 Å². The van der Waals surface area contributed by atoms with Crippen LogP contribution >= 0.6 is 0 Å². The number of benzene rings is 3. The van der Waals surface area contributed by atoms with Crippen molar-refractivity contribution in [2.45, 2.75) is 39.0 Å². The van der Waals surface area contributed by atoms with Gasteiger partial charge in [0.1, 0.15) is 6.54 Å². The molecule has 0 unspecified atom stereocenters. The van der Waals surface area contributed by atoms with E-state index in [0.29, 0.717) is 12.1 Å². The summed E-state index contributed by atoms with van der Waals surface area (Å²) in [7, 11) is -4.05. The molecule has 3 rings (SSSR count). The van der Waals surface area contributed by atoms with Gasteiger partial charge in [-0.1, -0.05) is 54.1 Å². The molecule has 0 atom stereocenters. The van der Waals surface area contributed by atoms with Gasteiger partial charge in [0.25, 0.3) is 10.0 Å². The molecule has 0 aromatic heterocycles. The zero-order chi connectivity index (χ0) is 22.8. The summed E-state index contributed by atoms with van der Waals surface area (Å²) in [5.74, 6) is -1.21. The van der Waals surface area contributed by atoms with Crippen LogP contribution in [0.15, 0.2) is 65.6 Å². The van der Waals surface area contributed by atoms with E-state index < -0.39 is 22.5 Å². The molecule has 162 valence electrons. The Morgan fingerprint density at radius 2 is 1.58 bits per heavy atom. The van der Waals surface area contributed by atoms with Crippen LogP contribution in [-0.4, -0.2) is 26.0 Å². The maximum absolute atomic E-state index is 13.4. The molecule has 0 saturated heterocycles. The van der Waals surface area contributed by atoms with Gasteiger partial charge in [-0.3, -0.25) is 9.10 Å². The highest BCUT2D eigenvalue weighted by atomic mass is 32.2. The van der Waals surface area contributed by atoms with Crippen molar-refractivity contribution in [3.05, 3.63) is 94.0 Å². The minimum atomic E-state index is -4.05. The number of sulfonamides is 1. The molecular weight excluding hydrogens is 410 g/mol. The maximum Gasteiger partial charge on any atom is 0.324 e. The van der Waals surface area contributed by atoms with Crippen LogP contribution in [0.1, 0.15) is 33.4 Å². The van der Waals surface area contributed by atoms with E-state index in [9.17, 15) is 18.3 Å². The Balaban J connectivity index is 2.19. The van der Waals surface area contributed by atoms with Crippen LogP contribution in [0.3, 0.4) is 0 Å². The number of rotatable bonds is 7. The summed E-state index contributed by atoms with van der Waals surface area (Å²) in [6.45, 7) is 7.08. The highest BCUT2D eigenvalue weighted by Crippen LogP contribution is 2.35. The van der Waals surface area contributed by atoms with Crippen molar-refractivity contribution in [1.82, 2.24) is 0 Å². The second-order valence-corrected chi connectivity index (χ2v) is 9.71. The van der Waals surface area contributed by atoms with Crippen LogP contribution in [0.25, 0.3) is 0 Å². The zero-order valence-corrected chi connectivity index (χ0v) is 19.0. The van der Waals surface area contributed by atoms with Crippen LogP contribution in [0.2, 0.25) is 0 Å². The Hall–Kier alpha value is -3.12. The van der Waals surface area contributed by atoms with Crippen molar-refractivity contribution >= 4 is 21.7 Å². The quantitative estimate of drug-likeness (QED) is 0.577. The van der Waals surface area contributed by atoms with Crippen molar-refractivity contribution in [3.8, 4) is 0 Å². The molecule has 3 aromatic carbocycles. The second-order valence-electron chi connectivity index (χ2n) is 7.85. The van der Waals surface area contributed by atoms with E-state index in [0.717, 1.165) is 37.7 Å². The van der Waals surface area contributed by atoms with E-state index in [2.05, 4.69) is 6.07 Å². The Kier molecular flexibility index (Phi) is 6.51. The summed E-state index contributed by atoms with van der Waals surface area (Å²) in [6.07, 6.45) is 0.638. The number of anilines is 1. The topological polar surface area (TPSA) is 74.7 Å². The molecule has 0 radical (unpaired) electrons. The highest BCUT2D eigenvalue weighted by molar-refractivity contribution is 7.92. The van der Waals surface area contributed by atoms with Gasteiger partial charge in [-0.2, -0.15) is 0 Å². The molecule has 0 aliphatic carbocycles. The third-order valence-corrected chi connectivity index (χ3v) is 7.17. The Morgan fingerprint density at radius 3 is 2.19 bits per heavy atom. The molecule has 0 aliphatic rings. The van der Waals surface area contributed by atoms with Crippen molar-refractivity contribution in [2.24, 2.45) is 0 Å². The first-order chi connectivity index (χ1) is 14.6. The van der Waals surface area contributed by atoms with Gasteiger partial charge in [-0.05, 0) is 74.1 Å². The van der Waals surface area contributed by atoms with E-state index in [4.69, 9.17) is 0 Å². The SMILES string of the molecule is Cc1cccc(Cc2c(C)cc(C)c(N(CC(=O)O)S(=O)(=O)c3ccccc3)c2C)c1. The summed E-state index contributed by atoms with van der Waals surface area (Å²) in [5.41, 5.74) is 6.26. The number of aliphatic carboxylic acids is 1. The van der Waals surface area contributed by atoms with E-state index in [1.807, 2.05) is 52.0 Å². The fraction of sp³-hybridized carbons (Fsp3) is 0.240. The van der Waals surface area contributed by atoms with Crippen LogP contribution < -0.4 is 4.31 Å². The van der Waals surface area contributed by atoms with Crippen LogP contribution in [0, 0.1) is 27.7 Å². The molecule has 1 N–H and O–H groups in total. The zero-order valence-electron chi connectivity index (χ0n) is 18.2. The van der Waals surface area contributed by atoms with Crippen LogP contribution in [0.4, 0.5) is 5.69 Å². The fourth-order valence-electron chi connectivity index (χ4n) is 4.02. The molecule has 6 heteroatoms. The molecule has 0 bridgehead atoms. The molecule has 0 fully saturated rings. The number of aryl methyl sites for hydroxylation is 3. The summed E-state index contributed by atoms with van der Waals surface area (Å²) < 4.78 is 27.9. The lowest BCUT2D eigenvalue weighted by Gasteiger charge is -2.28. The molecule has 5 nitrogen and oxygen atoms in total. The molecule has 0 heterocycles. The average Bonchev–Trinajstić information content (AvgIpc) is 2.70. The maximum atomic E-state index is 13.4. The van der Waals surface area contributed by atoms with Crippen molar-refractivity contribution in [1.29, 1.82) is 0 Å². The lowest BCUT2D eigenvalue weighted by molar-refractivity contribution is -0.135. The average molecular weight is 438 g/mol. The Morgan fingerprint density at radius 1 is 0.903 bits per heavy atom. The van der Waals surface area contributed by atoms with Gasteiger partial charge in [0.15, 0.2) is 0 Å². The van der Waals surface area contributed by atoms with Gasteiger partial charge in [0, 0.05) is 0 Å². The normalized spacial score (nSPS) is 11.4. The summed E-state index contributed by atoms with van der Waals surface area (Å²) >= 11 is 0. The summed E-state index contributed by atoms with van der Waals surface area (Å²) in [6, 6.07) is 18.1. The predicted octanol–water partition coefficient (Wildman–Crippen LogP) is 4.79. The van der Waals surface area contributed by atoms with Gasteiger partial charge >= 0.3 is 5.97 Å². The molecular formula is C25H27NO4S. The molecule has 0 aliphatic heterocycles. The minimum absolute atomic E-state index is 0.0656. The first-order valence-electron chi connectivity index (χ1n) is 10.1. The van der Waals surface area contributed by atoms with Crippen LogP contribution in [-0.2, 0) is 21.2 Å². The van der Waals surface area contributed by atoms with Gasteiger partial charge in [0.2, 0.25) is 0 Å². The lowest BCUT2D eigenvalue weighted by atomic mass is 9.92. The number of hydrogen-bond donors (Lipinski definition) is 1. The lowest BCUT2D eigenvalue weighted by Crippen LogP contribution is -2.37. The number of carboxylic acids is 1. The monoisotopic (exact) mass is 437 g/mol. The fourth-order valence-corrected chi connectivity index (χ4v) is 5.58. The van der Waals surface area contributed by atoms with Crippen molar-refractivity contribution in [3.63, 3.8) is 0 Å². The number of nitrogens with zero attached hydrogens (tertiary/aromatic N) is 1. The third kappa shape index (κ3) is 4.80. The predicted molar refractivity (Wildman–Crippen MR) is 123 cm³/mol.